The van der Waals surface area contributed by atoms with E-state index < -0.39 is 0 Å². The summed E-state index contributed by atoms with van der Waals surface area (Å²) < 4.78 is 0. The average molecular weight is 242 g/mol. The molecule has 2 rings (SSSR count). The molecule has 0 fully saturated rings. The normalized spacial score (nSPS) is 9.67. The second-order valence-corrected chi connectivity index (χ2v) is 4.75. The van der Waals surface area contributed by atoms with Crippen LogP contribution in [-0.4, -0.2) is 9.97 Å². The number of rotatable bonds is 0. The van der Waals surface area contributed by atoms with Gasteiger partial charge < -0.3 is 0 Å². The van der Waals surface area contributed by atoms with E-state index >= 15 is 0 Å². The van der Waals surface area contributed by atoms with Crippen molar-refractivity contribution >= 4 is 0 Å². The van der Waals surface area contributed by atoms with Crippen LogP contribution in [0, 0.1) is 41.5 Å². The Morgan fingerprint density at radius 3 is 1.89 bits per heavy atom. The summed E-state index contributed by atoms with van der Waals surface area (Å²) >= 11 is 0. The molecule has 0 aliphatic carbocycles. The number of hydrogen-bond donors (Lipinski definition) is 0. The van der Waals surface area contributed by atoms with E-state index in [9.17, 15) is 0 Å². The third-order valence-electron chi connectivity index (χ3n) is 3.20. The second kappa shape index (κ2) is 6.29. The van der Waals surface area contributed by atoms with Crippen molar-refractivity contribution in [1.29, 1.82) is 0 Å². The van der Waals surface area contributed by atoms with E-state index in [0.29, 0.717) is 0 Å². The zero-order valence-electron chi connectivity index (χ0n) is 12.2. The summed E-state index contributed by atoms with van der Waals surface area (Å²) in [6.07, 6.45) is 3.74. The Kier molecular flexibility index (Phi) is 5.02. The van der Waals surface area contributed by atoms with Crippen LogP contribution >= 0.6 is 0 Å². The Labute approximate surface area is 110 Å². The minimum atomic E-state index is 1.13. The minimum absolute atomic E-state index is 1.13. The molecule has 2 heteroatoms. The molecule has 0 aliphatic rings. The van der Waals surface area contributed by atoms with Crippen molar-refractivity contribution in [3.05, 3.63) is 58.2 Å². The second-order valence-electron chi connectivity index (χ2n) is 4.75. The van der Waals surface area contributed by atoms with Gasteiger partial charge in [0.2, 0.25) is 0 Å². The first-order valence-electron chi connectivity index (χ1n) is 6.20. The maximum Gasteiger partial charge on any atom is 0.0404 e. The molecule has 0 saturated carbocycles. The molecule has 0 amide bonds. The molecule has 2 heterocycles. The molecule has 0 radical (unpaired) electrons. The summed E-state index contributed by atoms with van der Waals surface area (Å²) in [4.78, 5) is 8.32. The minimum Gasteiger partial charge on any atom is -0.261 e. The molecule has 0 unspecified atom stereocenters. The van der Waals surface area contributed by atoms with Crippen molar-refractivity contribution in [3.63, 3.8) is 0 Å². The largest absolute Gasteiger partial charge is 0.261 e. The SMILES string of the molecule is Cc1ccnc(C)c1C.Cc1cnc(C)c(C)c1. The molecule has 2 nitrogen and oxygen atoms in total. The van der Waals surface area contributed by atoms with Crippen LogP contribution in [0.1, 0.15) is 33.6 Å². The Morgan fingerprint density at radius 2 is 1.44 bits per heavy atom. The first-order chi connectivity index (χ1) is 8.41. The van der Waals surface area contributed by atoms with Crippen molar-refractivity contribution < 1.29 is 0 Å². The first kappa shape index (κ1) is 14.4. The summed E-state index contributed by atoms with van der Waals surface area (Å²) in [6, 6.07) is 4.17. The van der Waals surface area contributed by atoms with Gasteiger partial charge in [0.25, 0.3) is 0 Å². The molecule has 0 bridgehead atoms. The summed E-state index contributed by atoms with van der Waals surface area (Å²) in [5, 5.41) is 0. The lowest BCUT2D eigenvalue weighted by Crippen LogP contribution is -1.87. The highest BCUT2D eigenvalue weighted by atomic mass is 14.7. The van der Waals surface area contributed by atoms with Gasteiger partial charge in [-0.3, -0.25) is 9.97 Å². The Morgan fingerprint density at radius 1 is 0.778 bits per heavy atom. The fraction of sp³-hybridized carbons (Fsp3) is 0.375. The Bertz CT molecular complexity index is 510. The van der Waals surface area contributed by atoms with Gasteiger partial charge in [0.05, 0.1) is 0 Å². The molecule has 0 spiro atoms. The maximum absolute atomic E-state index is 4.18. The zero-order chi connectivity index (χ0) is 13.7. The quantitative estimate of drug-likeness (QED) is 0.697. The van der Waals surface area contributed by atoms with Crippen LogP contribution in [0.3, 0.4) is 0 Å². The standard InChI is InChI=1S/2C8H11N/c1-6-4-7(2)8(3)9-5-6;1-6-4-5-9-8(3)7(6)2/h2*4-5H,1-3H3. The van der Waals surface area contributed by atoms with Crippen LogP contribution in [0.5, 0.6) is 0 Å². The Hall–Kier alpha value is -1.70. The van der Waals surface area contributed by atoms with Gasteiger partial charge in [-0.05, 0) is 69.9 Å². The predicted molar refractivity (Wildman–Crippen MR) is 76.9 cm³/mol. The third-order valence-corrected chi connectivity index (χ3v) is 3.20. The van der Waals surface area contributed by atoms with E-state index in [-0.39, 0.29) is 0 Å². The summed E-state index contributed by atoms with van der Waals surface area (Å²) in [5.41, 5.74) is 7.39. The van der Waals surface area contributed by atoms with E-state index in [4.69, 9.17) is 0 Å². The van der Waals surface area contributed by atoms with Gasteiger partial charge in [-0.1, -0.05) is 6.07 Å². The molecule has 96 valence electrons. The fourth-order valence-electron chi connectivity index (χ4n) is 1.55. The molecule has 2 aromatic rings. The van der Waals surface area contributed by atoms with Gasteiger partial charge in [-0.15, -0.1) is 0 Å². The lowest BCUT2D eigenvalue weighted by molar-refractivity contribution is 1.12. The summed E-state index contributed by atoms with van der Waals surface area (Å²) in [6.45, 7) is 12.4. The lowest BCUT2D eigenvalue weighted by atomic mass is 10.1. The highest BCUT2D eigenvalue weighted by Gasteiger charge is 1.93. The highest BCUT2D eigenvalue weighted by Crippen LogP contribution is 2.07. The van der Waals surface area contributed by atoms with Crippen LogP contribution < -0.4 is 0 Å². The van der Waals surface area contributed by atoms with Crippen molar-refractivity contribution in [3.8, 4) is 0 Å². The van der Waals surface area contributed by atoms with Crippen LogP contribution in [0.15, 0.2) is 24.5 Å². The molecule has 0 aliphatic heterocycles. The molecule has 0 saturated heterocycles. The molecule has 0 atom stereocenters. The van der Waals surface area contributed by atoms with Crippen LogP contribution in [0.2, 0.25) is 0 Å². The van der Waals surface area contributed by atoms with Crippen molar-refractivity contribution in [2.75, 3.05) is 0 Å². The smallest absolute Gasteiger partial charge is 0.0404 e. The van der Waals surface area contributed by atoms with Crippen molar-refractivity contribution in [1.82, 2.24) is 9.97 Å². The molecule has 0 aromatic carbocycles. The number of hydrogen-bond acceptors (Lipinski definition) is 2. The highest BCUT2D eigenvalue weighted by molar-refractivity contribution is 5.25. The molecular weight excluding hydrogens is 220 g/mol. The molecule has 18 heavy (non-hydrogen) atoms. The average Bonchev–Trinajstić information content (AvgIpc) is 2.32. The van der Waals surface area contributed by atoms with Crippen LogP contribution in [-0.2, 0) is 0 Å². The van der Waals surface area contributed by atoms with Gasteiger partial charge >= 0.3 is 0 Å². The predicted octanol–water partition coefficient (Wildman–Crippen LogP) is 4.01. The van der Waals surface area contributed by atoms with E-state index in [1.807, 2.05) is 32.3 Å². The number of pyridine rings is 2. The number of aryl methyl sites for hydroxylation is 5. The number of nitrogens with zero attached hydrogens (tertiary/aromatic N) is 2. The van der Waals surface area contributed by atoms with Crippen LogP contribution in [0.25, 0.3) is 0 Å². The maximum atomic E-state index is 4.18. The van der Waals surface area contributed by atoms with E-state index in [1.165, 1.54) is 22.3 Å². The summed E-state index contributed by atoms with van der Waals surface area (Å²) in [7, 11) is 0. The summed E-state index contributed by atoms with van der Waals surface area (Å²) in [5.74, 6) is 0. The monoisotopic (exact) mass is 242 g/mol. The molecule has 0 N–H and O–H groups in total. The van der Waals surface area contributed by atoms with Gasteiger partial charge in [-0.2, -0.15) is 0 Å². The van der Waals surface area contributed by atoms with E-state index in [0.717, 1.165) is 11.4 Å². The fourth-order valence-corrected chi connectivity index (χ4v) is 1.55. The Balaban J connectivity index is 0.000000180. The zero-order valence-corrected chi connectivity index (χ0v) is 12.2. The van der Waals surface area contributed by atoms with Crippen LogP contribution in [0.4, 0.5) is 0 Å². The van der Waals surface area contributed by atoms with Gasteiger partial charge in [0.15, 0.2) is 0 Å². The molecule has 2 aromatic heterocycles. The van der Waals surface area contributed by atoms with Gasteiger partial charge in [-0.25, -0.2) is 0 Å². The molecular formula is C16H22N2. The van der Waals surface area contributed by atoms with Gasteiger partial charge in [0, 0.05) is 23.8 Å². The van der Waals surface area contributed by atoms with E-state index in [1.54, 1.807) is 0 Å². The van der Waals surface area contributed by atoms with E-state index in [2.05, 4.69) is 43.7 Å². The number of aromatic nitrogens is 2. The van der Waals surface area contributed by atoms with Gasteiger partial charge in [0.1, 0.15) is 0 Å². The topological polar surface area (TPSA) is 25.8 Å². The lowest BCUT2D eigenvalue weighted by Gasteiger charge is -1.99. The van der Waals surface area contributed by atoms with Crippen molar-refractivity contribution in [2.24, 2.45) is 0 Å². The first-order valence-corrected chi connectivity index (χ1v) is 6.20. The third kappa shape index (κ3) is 3.95. The van der Waals surface area contributed by atoms with Crippen molar-refractivity contribution in [2.45, 2.75) is 41.5 Å².